The molecule has 2 saturated heterocycles. The maximum absolute atomic E-state index is 12.3. The lowest BCUT2D eigenvalue weighted by Crippen LogP contribution is -2.47. The van der Waals surface area contributed by atoms with Crippen molar-refractivity contribution in [3.8, 4) is 16.9 Å². The van der Waals surface area contributed by atoms with E-state index in [4.69, 9.17) is 9.47 Å². The minimum Gasteiger partial charge on any atom is -0.492 e. The molecule has 6 heteroatoms. The Balaban J connectivity index is 1.12. The van der Waals surface area contributed by atoms with Gasteiger partial charge in [-0.15, -0.1) is 0 Å². The molecule has 2 atom stereocenters. The van der Waals surface area contributed by atoms with Gasteiger partial charge in [-0.2, -0.15) is 0 Å². The molecule has 2 unspecified atom stereocenters. The summed E-state index contributed by atoms with van der Waals surface area (Å²) in [5.74, 6) is 0.864. The van der Waals surface area contributed by atoms with Gasteiger partial charge in [-0.05, 0) is 54.7 Å². The Morgan fingerprint density at radius 2 is 1.89 bits per heavy atom. The zero-order valence-corrected chi connectivity index (χ0v) is 20.3. The zero-order valence-electron chi connectivity index (χ0n) is 20.3. The highest BCUT2D eigenvalue weighted by Gasteiger charge is 2.36. The average Bonchev–Trinajstić information content (AvgIpc) is 3.09. The summed E-state index contributed by atoms with van der Waals surface area (Å²) >= 11 is 0. The SMILES string of the molecule is Cc1cc(OCCN2C3CCC2COC3)ccc1-c1ccc(CC(=O)NCc2ccccc2)nc1. The lowest BCUT2D eigenvalue weighted by molar-refractivity contribution is -0.120. The van der Waals surface area contributed by atoms with Crippen molar-refractivity contribution < 1.29 is 14.3 Å². The summed E-state index contributed by atoms with van der Waals surface area (Å²) < 4.78 is 11.7. The third kappa shape index (κ3) is 5.89. The van der Waals surface area contributed by atoms with E-state index in [1.165, 1.54) is 12.8 Å². The Kier molecular flexibility index (Phi) is 7.40. The molecule has 1 N–H and O–H groups in total. The van der Waals surface area contributed by atoms with E-state index in [0.717, 1.165) is 53.5 Å². The molecular formula is C29H33N3O3. The van der Waals surface area contributed by atoms with Crippen LogP contribution in [0.2, 0.25) is 0 Å². The van der Waals surface area contributed by atoms with Crippen molar-refractivity contribution in [2.24, 2.45) is 0 Å². The molecule has 1 amide bonds. The largest absolute Gasteiger partial charge is 0.492 e. The van der Waals surface area contributed by atoms with Gasteiger partial charge in [-0.3, -0.25) is 14.7 Å². The first-order chi connectivity index (χ1) is 17.2. The fourth-order valence-electron chi connectivity index (χ4n) is 5.11. The van der Waals surface area contributed by atoms with Gasteiger partial charge >= 0.3 is 0 Å². The van der Waals surface area contributed by atoms with Gasteiger partial charge in [-0.25, -0.2) is 0 Å². The minimum atomic E-state index is -0.0307. The Bertz CT molecular complexity index is 1120. The normalized spacial score (nSPS) is 19.5. The van der Waals surface area contributed by atoms with Gasteiger partial charge in [-0.1, -0.05) is 42.5 Å². The smallest absolute Gasteiger partial charge is 0.226 e. The lowest BCUT2D eigenvalue weighted by atomic mass is 10.0. The molecule has 6 nitrogen and oxygen atoms in total. The van der Waals surface area contributed by atoms with Gasteiger partial charge in [0, 0.05) is 42.6 Å². The van der Waals surface area contributed by atoms with Crippen LogP contribution in [0.3, 0.4) is 0 Å². The number of ether oxygens (including phenoxy) is 2. The predicted octanol–water partition coefficient (Wildman–Crippen LogP) is 4.16. The Labute approximate surface area is 207 Å². The zero-order chi connectivity index (χ0) is 24.0. The molecule has 3 heterocycles. The second kappa shape index (κ2) is 11.0. The Morgan fingerprint density at radius 3 is 2.60 bits per heavy atom. The summed E-state index contributed by atoms with van der Waals surface area (Å²) in [6.07, 6.45) is 4.59. The van der Waals surface area contributed by atoms with Crippen molar-refractivity contribution in [2.75, 3.05) is 26.4 Å². The molecule has 182 valence electrons. The third-order valence-electron chi connectivity index (χ3n) is 7.02. The van der Waals surface area contributed by atoms with E-state index < -0.39 is 0 Å². The van der Waals surface area contributed by atoms with Crippen LogP contribution in [0.25, 0.3) is 11.1 Å². The minimum absolute atomic E-state index is 0.0307. The highest BCUT2D eigenvalue weighted by atomic mass is 16.5. The summed E-state index contributed by atoms with van der Waals surface area (Å²) in [6.45, 7) is 5.97. The van der Waals surface area contributed by atoms with Crippen LogP contribution in [0, 0.1) is 6.92 Å². The van der Waals surface area contributed by atoms with Crippen molar-refractivity contribution in [2.45, 2.75) is 44.8 Å². The Morgan fingerprint density at radius 1 is 1.09 bits per heavy atom. The highest BCUT2D eigenvalue weighted by molar-refractivity contribution is 5.78. The van der Waals surface area contributed by atoms with Crippen LogP contribution < -0.4 is 10.1 Å². The molecule has 5 rings (SSSR count). The van der Waals surface area contributed by atoms with Crippen LogP contribution in [0.15, 0.2) is 66.9 Å². The summed E-state index contributed by atoms with van der Waals surface area (Å²) in [5.41, 5.74) is 5.14. The Hall–Kier alpha value is -3.22. The van der Waals surface area contributed by atoms with Crippen molar-refractivity contribution in [3.63, 3.8) is 0 Å². The fraction of sp³-hybridized carbons (Fsp3) is 0.379. The number of amides is 1. The molecule has 1 aromatic heterocycles. The van der Waals surface area contributed by atoms with Crippen molar-refractivity contribution in [3.05, 3.63) is 83.7 Å². The topological polar surface area (TPSA) is 63.7 Å². The van der Waals surface area contributed by atoms with Gasteiger partial charge < -0.3 is 14.8 Å². The molecule has 0 spiro atoms. The second-order valence-corrected chi connectivity index (χ2v) is 9.46. The third-order valence-corrected chi connectivity index (χ3v) is 7.02. The molecule has 0 aliphatic carbocycles. The van der Waals surface area contributed by atoms with Crippen LogP contribution in [0.1, 0.15) is 29.7 Å². The number of hydrogen-bond donors (Lipinski definition) is 1. The molecule has 3 aromatic rings. The van der Waals surface area contributed by atoms with Crippen molar-refractivity contribution >= 4 is 5.91 Å². The van der Waals surface area contributed by atoms with Crippen LogP contribution in [-0.4, -0.2) is 54.2 Å². The van der Waals surface area contributed by atoms with Gasteiger partial charge in [0.15, 0.2) is 0 Å². The number of hydrogen-bond acceptors (Lipinski definition) is 5. The first-order valence-corrected chi connectivity index (χ1v) is 12.5. The molecule has 2 aliphatic heterocycles. The standard InChI is InChI=1S/C29H33N3O3/c1-21-15-27(35-14-13-32-25-9-10-26(32)20-34-19-25)11-12-28(21)23-7-8-24(30-18-23)16-29(33)31-17-22-5-3-2-4-6-22/h2-8,11-12,15,18,25-26H,9-10,13-14,16-17,19-20H2,1H3,(H,31,33). The molecule has 0 saturated carbocycles. The fourth-order valence-corrected chi connectivity index (χ4v) is 5.11. The number of nitrogens with one attached hydrogen (secondary N) is 1. The number of carbonyl (C=O) groups excluding carboxylic acids is 1. The molecule has 2 bridgehead atoms. The predicted molar refractivity (Wildman–Crippen MR) is 136 cm³/mol. The van der Waals surface area contributed by atoms with Crippen LogP contribution in [0.4, 0.5) is 0 Å². The highest BCUT2D eigenvalue weighted by Crippen LogP contribution is 2.29. The molecule has 0 radical (unpaired) electrons. The number of rotatable bonds is 9. The first kappa shape index (κ1) is 23.5. The summed E-state index contributed by atoms with van der Waals surface area (Å²) in [4.78, 5) is 19.4. The van der Waals surface area contributed by atoms with E-state index in [1.807, 2.05) is 54.7 Å². The maximum Gasteiger partial charge on any atom is 0.226 e. The van der Waals surface area contributed by atoms with Crippen molar-refractivity contribution in [1.82, 2.24) is 15.2 Å². The molecule has 2 aliphatic rings. The monoisotopic (exact) mass is 471 g/mol. The van der Waals surface area contributed by atoms with E-state index in [9.17, 15) is 4.79 Å². The van der Waals surface area contributed by atoms with E-state index in [-0.39, 0.29) is 12.3 Å². The van der Waals surface area contributed by atoms with Gasteiger partial charge in [0.25, 0.3) is 0 Å². The molecule has 35 heavy (non-hydrogen) atoms. The number of pyridine rings is 1. The maximum atomic E-state index is 12.3. The number of aromatic nitrogens is 1. The quantitative estimate of drug-likeness (QED) is 0.508. The van der Waals surface area contributed by atoms with Crippen LogP contribution >= 0.6 is 0 Å². The molecule has 2 fully saturated rings. The number of aryl methyl sites for hydroxylation is 1. The van der Waals surface area contributed by atoms with Crippen LogP contribution in [0.5, 0.6) is 5.75 Å². The van der Waals surface area contributed by atoms with E-state index in [0.29, 0.717) is 25.2 Å². The van der Waals surface area contributed by atoms with E-state index in [2.05, 4.69) is 34.3 Å². The lowest BCUT2D eigenvalue weighted by Gasteiger charge is -2.34. The number of carbonyl (C=O) groups is 1. The van der Waals surface area contributed by atoms with Gasteiger partial charge in [0.1, 0.15) is 12.4 Å². The second-order valence-electron chi connectivity index (χ2n) is 9.46. The number of fused-ring (bicyclic) bond motifs is 2. The molecule has 2 aromatic carbocycles. The average molecular weight is 472 g/mol. The molecular weight excluding hydrogens is 438 g/mol. The summed E-state index contributed by atoms with van der Waals surface area (Å²) in [6, 6.07) is 21.2. The number of benzene rings is 2. The van der Waals surface area contributed by atoms with Gasteiger partial charge in [0.2, 0.25) is 5.91 Å². The van der Waals surface area contributed by atoms with E-state index in [1.54, 1.807) is 0 Å². The van der Waals surface area contributed by atoms with E-state index >= 15 is 0 Å². The van der Waals surface area contributed by atoms with Crippen molar-refractivity contribution in [1.29, 1.82) is 0 Å². The number of morpholine rings is 1. The summed E-state index contributed by atoms with van der Waals surface area (Å²) in [5, 5.41) is 2.95. The summed E-state index contributed by atoms with van der Waals surface area (Å²) in [7, 11) is 0. The number of nitrogens with zero attached hydrogens (tertiary/aromatic N) is 2. The first-order valence-electron chi connectivity index (χ1n) is 12.5. The van der Waals surface area contributed by atoms with Crippen LogP contribution in [-0.2, 0) is 22.5 Å². The van der Waals surface area contributed by atoms with Gasteiger partial charge in [0.05, 0.1) is 19.6 Å².